The number of halogens is 1. The van der Waals surface area contributed by atoms with Crippen LogP contribution in [-0.2, 0) is 11.4 Å². The largest absolute Gasteiger partial charge is 0.331 e. The SMILES string of the molecule is S=C(NOCc1ccccc1)Nc1cccc(Br)c1. The van der Waals surface area contributed by atoms with Crippen molar-refractivity contribution in [1.82, 2.24) is 5.48 Å². The van der Waals surface area contributed by atoms with Crippen molar-refractivity contribution in [3.8, 4) is 0 Å². The minimum Gasteiger partial charge on any atom is -0.331 e. The van der Waals surface area contributed by atoms with Gasteiger partial charge in [-0.3, -0.25) is 4.84 Å². The quantitative estimate of drug-likeness (QED) is 0.656. The smallest absolute Gasteiger partial charge is 0.195 e. The predicted octanol–water partition coefficient (Wildman–Crippen LogP) is 3.87. The molecular weight excluding hydrogens is 324 g/mol. The molecule has 5 heteroatoms. The number of thiocarbonyl (C=S) groups is 1. The van der Waals surface area contributed by atoms with Crippen LogP contribution in [-0.4, -0.2) is 5.11 Å². The van der Waals surface area contributed by atoms with Gasteiger partial charge in [0.2, 0.25) is 0 Å². The Balaban J connectivity index is 1.76. The van der Waals surface area contributed by atoms with Crippen LogP contribution in [0.3, 0.4) is 0 Å². The lowest BCUT2D eigenvalue weighted by Gasteiger charge is -2.10. The van der Waals surface area contributed by atoms with E-state index >= 15 is 0 Å². The molecule has 19 heavy (non-hydrogen) atoms. The molecular formula is C14H13BrN2OS. The van der Waals surface area contributed by atoms with Gasteiger partial charge in [-0.05, 0) is 36.0 Å². The first-order valence-corrected chi connectivity index (χ1v) is 6.92. The fraction of sp³-hybridized carbons (Fsp3) is 0.0714. The lowest BCUT2D eigenvalue weighted by atomic mass is 10.2. The zero-order valence-electron chi connectivity index (χ0n) is 10.1. The van der Waals surface area contributed by atoms with E-state index in [0.717, 1.165) is 15.7 Å². The summed E-state index contributed by atoms with van der Waals surface area (Å²) in [6.07, 6.45) is 0. The Hall–Kier alpha value is -1.43. The van der Waals surface area contributed by atoms with E-state index in [1.165, 1.54) is 0 Å². The topological polar surface area (TPSA) is 33.3 Å². The second-order valence-electron chi connectivity index (χ2n) is 3.84. The highest BCUT2D eigenvalue weighted by Crippen LogP contribution is 2.15. The second kappa shape index (κ2) is 7.23. The molecule has 0 amide bonds. The summed E-state index contributed by atoms with van der Waals surface area (Å²) in [5.41, 5.74) is 4.69. The number of benzene rings is 2. The van der Waals surface area contributed by atoms with Crippen molar-refractivity contribution in [2.75, 3.05) is 5.32 Å². The molecule has 0 bridgehead atoms. The van der Waals surface area contributed by atoms with E-state index in [2.05, 4.69) is 26.7 Å². The molecule has 0 spiro atoms. The van der Waals surface area contributed by atoms with E-state index < -0.39 is 0 Å². The Bertz CT molecular complexity index is 548. The maximum absolute atomic E-state index is 5.32. The lowest BCUT2D eigenvalue weighted by molar-refractivity contribution is 0.0728. The molecule has 0 fully saturated rings. The van der Waals surface area contributed by atoms with Gasteiger partial charge >= 0.3 is 0 Å². The van der Waals surface area contributed by atoms with Crippen molar-refractivity contribution in [2.45, 2.75) is 6.61 Å². The Morgan fingerprint density at radius 1 is 1.11 bits per heavy atom. The molecule has 2 N–H and O–H groups in total. The molecule has 0 saturated carbocycles. The number of hydrogen-bond donors (Lipinski definition) is 2. The number of rotatable bonds is 4. The third-order valence-electron chi connectivity index (χ3n) is 2.33. The molecule has 0 heterocycles. The second-order valence-corrected chi connectivity index (χ2v) is 5.16. The Morgan fingerprint density at radius 3 is 2.63 bits per heavy atom. The van der Waals surface area contributed by atoms with Crippen molar-refractivity contribution in [2.24, 2.45) is 0 Å². The molecule has 0 unspecified atom stereocenters. The maximum Gasteiger partial charge on any atom is 0.195 e. The van der Waals surface area contributed by atoms with E-state index in [1.54, 1.807) is 0 Å². The molecule has 0 aromatic heterocycles. The monoisotopic (exact) mass is 336 g/mol. The summed E-state index contributed by atoms with van der Waals surface area (Å²) < 4.78 is 0.991. The van der Waals surface area contributed by atoms with Gasteiger partial charge in [-0.15, -0.1) is 0 Å². The van der Waals surface area contributed by atoms with Crippen LogP contribution in [0.4, 0.5) is 5.69 Å². The van der Waals surface area contributed by atoms with Gasteiger partial charge in [-0.2, -0.15) is 0 Å². The van der Waals surface area contributed by atoms with E-state index in [0.29, 0.717) is 11.7 Å². The molecule has 0 aliphatic heterocycles. The van der Waals surface area contributed by atoms with Crippen LogP contribution in [0.5, 0.6) is 0 Å². The van der Waals surface area contributed by atoms with Gasteiger partial charge in [0.05, 0.1) is 6.61 Å². The summed E-state index contributed by atoms with van der Waals surface area (Å²) in [4.78, 5) is 5.32. The van der Waals surface area contributed by atoms with Crippen LogP contribution in [0.1, 0.15) is 5.56 Å². The van der Waals surface area contributed by atoms with Gasteiger partial charge in [0.15, 0.2) is 5.11 Å². The van der Waals surface area contributed by atoms with Crippen LogP contribution in [0.25, 0.3) is 0 Å². The van der Waals surface area contributed by atoms with E-state index in [9.17, 15) is 0 Å². The number of hydrogen-bond acceptors (Lipinski definition) is 2. The minimum atomic E-state index is 0.425. The highest BCUT2D eigenvalue weighted by atomic mass is 79.9. The highest BCUT2D eigenvalue weighted by molar-refractivity contribution is 9.10. The first kappa shape index (κ1) is 14.0. The summed E-state index contributed by atoms with van der Waals surface area (Å²) >= 11 is 8.53. The number of anilines is 1. The number of nitrogens with one attached hydrogen (secondary N) is 2. The van der Waals surface area contributed by atoms with Crippen molar-refractivity contribution in [3.05, 3.63) is 64.6 Å². The zero-order chi connectivity index (χ0) is 13.5. The summed E-state index contributed by atoms with van der Waals surface area (Å²) in [6, 6.07) is 17.6. The average Bonchev–Trinajstić information content (AvgIpc) is 2.40. The highest BCUT2D eigenvalue weighted by Gasteiger charge is 1.98. The molecule has 0 saturated heterocycles. The summed E-state index contributed by atoms with van der Waals surface area (Å²) in [7, 11) is 0. The van der Waals surface area contributed by atoms with Gasteiger partial charge in [0.1, 0.15) is 0 Å². The molecule has 3 nitrogen and oxygen atoms in total. The van der Waals surface area contributed by atoms with Gasteiger partial charge in [-0.25, -0.2) is 5.48 Å². The normalized spacial score (nSPS) is 9.95. The van der Waals surface area contributed by atoms with Gasteiger partial charge in [0, 0.05) is 10.2 Å². The average molecular weight is 337 g/mol. The fourth-order valence-corrected chi connectivity index (χ4v) is 2.06. The van der Waals surface area contributed by atoms with Crippen LogP contribution in [0, 0.1) is 0 Å². The van der Waals surface area contributed by atoms with Crippen molar-refractivity contribution < 1.29 is 4.84 Å². The zero-order valence-corrected chi connectivity index (χ0v) is 12.5. The molecule has 2 aromatic rings. The summed E-state index contributed by atoms with van der Waals surface area (Å²) in [6.45, 7) is 0.459. The van der Waals surface area contributed by atoms with E-state index in [1.807, 2.05) is 54.6 Å². The van der Waals surface area contributed by atoms with Crippen molar-refractivity contribution in [1.29, 1.82) is 0 Å². The lowest BCUT2D eigenvalue weighted by Crippen LogP contribution is -2.28. The number of hydroxylamine groups is 1. The van der Waals surface area contributed by atoms with Crippen molar-refractivity contribution >= 4 is 38.9 Å². The molecule has 2 rings (SSSR count). The Morgan fingerprint density at radius 2 is 1.89 bits per heavy atom. The molecule has 0 aliphatic rings. The van der Waals surface area contributed by atoms with Gasteiger partial charge in [-0.1, -0.05) is 52.3 Å². The minimum absolute atomic E-state index is 0.425. The van der Waals surface area contributed by atoms with Crippen LogP contribution in [0.15, 0.2) is 59.1 Å². The molecule has 0 radical (unpaired) electrons. The third-order valence-corrected chi connectivity index (χ3v) is 3.01. The molecule has 98 valence electrons. The predicted molar refractivity (Wildman–Crippen MR) is 84.7 cm³/mol. The van der Waals surface area contributed by atoms with E-state index in [-0.39, 0.29) is 0 Å². The van der Waals surface area contributed by atoms with E-state index in [4.69, 9.17) is 17.1 Å². The molecule has 2 aromatic carbocycles. The van der Waals surface area contributed by atoms with Gasteiger partial charge in [0.25, 0.3) is 0 Å². The summed E-state index contributed by atoms with van der Waals surface area (Å²) in [5.74, 6) is 0. The standard InChI is InChI=1S/C14H13BrN2OS/c15-12-7-4-8-13(9-12)16-14(19)17-18-10-11-5-2-1-3-6-11/h1-9H,10H2,(H2,16,17,19). The maximum atomic E-state index is 5.32. The van der Waals surface area contributed by atoms with Gasteiger partial charge < -0.3 is 5.32 Å². The molecule has 0 aliphatic carbocycles. The van der Waals surface area contributed by atoms with Crippen LogP contribution >= 0.6 is 28.1 Å². The first-order valence-electron chi connectivity index (χ1n) is 5.72. The Labute approximate surface area is 126 Å². The van der Waals surface area contributed by atoms with Crippen LogP contribution in [0.2, 0.25) is 0 Å². The Kier molecular flexibility index (Phi) is 5.32. The molecule has 0 atom stereocenters. The summed E-state index contributed by atoms with van der Waals surface area (Å²) in [5, 5.41) is 3.46. The fourth-order valence-electron chi connectivity index (χ4n) is 1.48. The van der Waals surface area contributed by atoms with Crippen LogP contribution < -0.4 is 10.8 Å². The van der Waals surface area contributed by atoms with Crippen molar-refractivity contribution in [3.63, 3.8) is 0 Å². The third kappa shape index (κ3) is 4.98. The first-order chi connectivity index (χ1) is 9.24.